The van der Waals surface area contributed by atoms with E-state index in [9.17, 15) is 18.0 Å². The molecule has 1 aliphatic heterocycles. The maximum absolute atomic E-state index is 12.7. The Labute approximate surface area is 191 Å². The topological polar surface area (TPSA) is 121 Å². The molecule has 0 bridgehead atoms. The average Bonchev–Trinajstić information content (AvgIpc) is 3.15. The fourth-order valence-corrected chi connectivity index (χ4v) is 4.60. The van der Waals surface area contributed by atoms with E-state index in [4.69, 9.17) is 0 Å². The van der Waals surface area contributed by atoms with Crippen LogP contribution < -0.4 is 14.9 Å². The van der Waals surface area contributed by atoms with Crippen molar-refractivity contribution in [2.24, 2.45) is 5.92 Å². The van der Waals surface area contributed by atoms with Crippen molar-refractivity contribution in [3.8, 4) is 0 Å². The number of anilines is 3. The molecule has 9 nitrogen and oxygen atoms in total. The van der Waals surface area contributed by atoms with Gasteiger partial charge in [0.1, 0.15) is 0 Å². The molecule has 0 unspecified atom stereocenters. The monoisotopic (exact) mass is 465 g/mol. The number of nitrogens with zero attached hydrogens (tertiary/aromatic N) is 3. The van der Waals surface area contributed by atoms with Crippen molar-refractivity contribution in [3.63, 3.8) is 0 Å². The molecule has 2 aromatic carbocycles. The van der Waals surface area contributed by atoms with Gasteiger partial charge >= 0.3 is 0 Å². The van der Waals surface area contributed by atoms with Crippen molar-refractivity contribution < 1.29 is 18.0 Å². The molecule has 1 atom stereocenters. The van der Waals surface area contributed by atoms with Crippen LogP contribution in [-0.2, 0) is 19.6 Å². The van der Waals surface area contributed by atoms with Gasteiger partial charge < -0.3 is 10.2 Å². The number of amides is 2. The lowest BCUT2D eigenvalue weighted by molar-refractivity contribution is -0.122. The predicted octanol–water partition coefficient (Wildman–Crippen LogP) is 2.89. The lowest BCUT2D eigenvalue weighted by Crippen LogP contribution is -2.28. The van der Waals surface area contributed by atoms with Gasteiger partial charge in [0.2, 0.25) is 17.8 Å². The summed E-state index contributed by atoms with van der Waals surface area (Å²) in [5, 5.41) is 2.76. The lowest BCUT2D eigenvalue weighted by Gasteiger charge is -2.16. The predicted molar refractivity (Wildman–Crippen MR) is 124 cm³/mol. The first-order valence-electron chi connectivity index (χ1n) is 10.3. The van der Waals surface area contributed by atoms with Crippen molar-refractivity contribution in [2.45, 2.75) is 25.2 Å². The van der Waals surface area contributed by atoms with Gasteiger partial charge in [-0.3, -0.25) is 9.59 Å². The molecule has 0 spiro atoms. The number of nitrogens with one attached hydrogen (secondary N) is 2. The first-order valence-corrected chi connectivity index (χ1v) is 11.8. The van der Waals surface area contributed by atoms with Crippen molar-refractivity contribution in [2.75, 3.05) is 21.5 Å². The number of aromatic nitrogens is 2. The highest BCUT2D eigenvalue weighted by atomic mass is 32.2. The largest absolute Gasteiger partial charge is 0.326 e. The number of para-hydroxylation sites is 1. The van der Waals surface area contributed by atoms with E-state index >= 15 is 0 Å². The first-order chi connectivity index (χ1) is 15.7. The number of carbonyl (C=O) groups excluding carboxylic acids is 2. The first kappa shape index (κ1) is 22.4. The Balaban J connectivity index is 1.41. The fourth-order valence-electron chi connectivity index (χ4n) is 3.65. The summed E-state index contributed by atoms with van der Waals surface area (Å²) in [7, 11) is -3.89. The average molecular weight is 466 g/mol. The standard InChI is InChI=1S/C23H23N5O4S/c1-15-12-16(2)25-23(24-15)27-33(31,32)20-10-8-18(9-11-20)26-22(30)17-13-21(29)28(14-17)19-6-4-3-5-7-19/h3-12,17H,13-14H2,1-2H3,(H,26,30)(H,24,25,27)/t17-/m1/s1. The van der Waals surface area contributed by atoms with E-state index in [1.165, 1.54) is 24.3 Å². The molecule has 1 aliphatic rings. The third-order valence-corrected chi connectivity index (χ3v) is 6.55. The van der Waals surface area contributed by atoms with Gasteiger partial charge in [-0.05, 0) is 56.3 Å². The van der Waals surface area contributed by atoms with Crippen LogP contribution in [0.25, 0.3) is 0 Å². The Morgan fingerprint density at radius 1 is 1.00 bits per heavy atom. The molecule has 0 radical (unpaired) electrons. The SMILES string of the molecule is Cc1cc(C)nc(NS(=O)(=O)c2ccc(NC(=O)[C@@H]3CC(=O)N(c4ccccc4)C3)cc2)n1. The summed E-state index contributed by atoms with van der Waals surface area (Å²) in [6.07, 6.45) is 0.118. The number of sulfonamides is 1. The zero-order valence-corrected chi connectivity index (χ0v) is 19.0. The smallest absolute Gasteiger partial charge is 0.264 e. The van der Waals surface area contributed by atoms with Crippen LogP contribution in [0.1, 0.15) is 17.8 Å². The molecule has 4 rings (SSSR count). The molecule has 1 fully saturated rings. The van der Waals surface area contributed by atoms with Gasteiger partial charge in [0, 0.05) is 35.7 Å². The van der Waals surface area contributed by atoms with Crippen molar-refractivity contribution >= 4 is 39.2 Å². The Hall–Kier alpha value is -3.79. The summed E-state index contributed by atoms with van der Waals surface area (Å²) in [5.41, 5.74) is 2.49. The van der Waals surface area contributed by atoms with Crippen LogP contribution in [0.2, 0.25) is 0 Å². The van der Waals surface area contributed by atoms with Crippen LogP contribution in [0.15, 0.2) is 65.6 Å². The third-order valence-electron chi connectivity index (χ3n) is 5.20. The van der Waals surface area contributed by atoms with E-state index < -0.39 is 15.9 Å². The maximum Gasteiger partial charge on any atom is 0.264 e. The summed E-state index contributed by atoms with van der Waals surface area (Å²) in [5.74, 6) is -0.898. The van der Waals surface area contributed by atoms with Crippen LogP contribution in [0.3, 0.4) is 0 Å². The molecule has 10 heteroatoms. The molecule has 0 saturated carbocycles. The van der Waals surface area contributed by atoms with Crippen LogP contribution in [-0.4, -0.2) is 36.7 Å². The Bertz CT molecular complexity index is 1270. The molecule has 2 amide bonds. The number of aryl methyl sites for hydroxylation is 2. The maximum atomic E-state index is 12.7. The molecule has 33 heavy (non-hydrogen) atoms. The van der Waals surface area contributed by atoms with Gasteiger partial charge in [-0.15, -0.1) is 0 Å². The fraction of sp³-hybridized carbons (Fsp3) is 0.217. The highest BCUT2D eigenvalue weighted by molar-refractivity contribution is 7.92. The second-order valence-electron chi connectivity index (χ2n) is 7.83. The molecule has 3 aromatic rings. The quantitative estimate of drug-likeness (QED) is 0.577. The van der Waals surface area contributed by atoms with Crippen LogP contribution in [0, 0.1) is 19.8 Å². The molecule has 0 aliphatic carbocycles. The van der Waals surface area contributed by atoms with E-state index in [0.29, 0.717) is 23.6 Å². The van der Waals surface area contributed by atoms with E-state index in [0.717, 1.165) is 5.69 Å². The normalized spacial score (nSPS) is 16.0. The van der Waals surface area contributed by atoms with Crippen molar-refractivity contribution in [1.29, 1.82) is 0 Å². The number of hydrogen-bond donors (Lipinski definition) is 2. The van der Waals surface area contributed by atoms with E-state index in [2.05, 4.69) is 20.0 Å². The minimum absolute atomic E-state index is 0.00116. The molecule has 1 aromatic heterocycles. The highest BCUT2D eigenvalue weighted by Crippen LogP contribution is 2.26. The van der Waals surface area contributed by atoms with Gasteiger partial charge in [0.25, 0.3) is 10.0 Å². The number of rotatable bonds is 6. The molecule has 2 N–H and O–H groups in total. The Morgan fingerprint density at radius 2 is 1.64 bits per heavy atom. The van der Waals surface area contributed by atoms with Crippen LogP contribution in [0.5, 0.6) is 0 Å². The minimum atomic E-state index is -3.89. The van der Waals surface area contributed by atoms with E-state index in [1.54, 1.807) is 24.8 Å². The van der Waals surface area contributed by atoms with Gasteiger partial charge in [-0.25, -0.2) is 23.1 Å². The zero-order chi connectivity index (χ0) is 23.6. The van der Waals surface area contributed by atoms with Gasteiger partial charge in [0.05, 0.1) is 10.8 Å². The second kappa shape index (κ2) is 8.99. The van der Waals surface area contributed by atoms with Crippen molar-refractivity contribution in [1.82, 2.24) is 9.97 Å². The van der Waals surface area contributed by atoms with Gasteiger partial charge in [-0.1, -0.05) is 18.2 Å². The number of hydrogen-bond acceptors (Lipinski definition) is 6. The van der Waals surface area contributed by atoms with Crippen LogP contribution in [0.4, 0.5) is 17.3 Å². The second-order valence-corrected chi connectivity index (χ2v) is 9.52. The Morgan fingerprint density at radius 3 is 2.27 bits per heavy atom. The van der Waals surface area contributed by atoms with Gasteiger partial charge in [0.15, 0.2) is 0 Å². The minimum Gasteiger partial charge on any atom is -0.326 e. The van der Waals surface area contributed by atoms with E-state index in [1.807, 2.05) is 30.3 Å². The summed E-state index contributed by atoms with van der Waals surface area (Å²) in [6, 6.07) is 16.7. The third kappa shape index (κ3) is 5.17. The van der Waals surface area contributed by atoms with Crippen molar-refractivity contribution in [3.05, 3.63) is 72.1 Å². The summed E-state index contributed by atoms with van der Waals surface area (Å²) < 4.78 is 27.7. The lowest BCUT2D eigenvalue weighted by atomic mass is 10.1. The summed E-state index contributed by atoms with van der Waals surface area (Å²) >= 11 is 0. The zero-order valence-electron chi connectivity index (χ0n) is 18.1. The number of carbonyl (C=O) groups is 2. The summed E-state index contributed by atoms with van der Waals surface area (Å²) in [6.45, 7) is 3.79. The highest BCUT2D eigenvalue weighted by Gasteiger charge is 2.35. The molecular weight excluding hydrogens is 442 g/mol. The Kier molecular flexibility index (Phi) is 6.10. The van der Waals surface area contributed by atoms with E-state index in [-0.39, 0.29) is 29.1 Å². The summed E-state index contributed by atoms with van der Waals surface area (Å²) in [4.78, 5) is 34.8. The number of benzene rings is 2. The molecular formula is C23H23N5O4S. The molecule has 170 valence electrons. The van der Waals surface area contributed by atoms with Crippen LogP contribution >= 0.6 is 0 Å². The molecule has 2 heterocycles. The molecule has 1 saturated heterocycles. The van der Waals surface area contributed by atoms with Gasteiger partial charge in [-0.2, -0.15) is 0 Å².